The third-order valence-electron chi connectivity index (χ3n) is 1.85. The second kappa shape index (κ2) is 4.76. The largest absolute Gasteiger partial charge is 0.396 e. The molecule has 0 atom stereocenters. The molecule has 1 amide bonds. The smallest absolute Gasteiger partial charge is 0.224 e. The van der Waals surface area contributed by atoms with Crippen LogP contribution in [0.25, 0.3) is 0 Å². The molecule has 0 aliphatic heterocycles. The van der Waals surface area contributed by atoms with Crippen molar-refractivity contribution in [3.05, 3.63) is 11.9 Å². The predicted molar refractivity (Wildman–Crippen MR) is 52.9 cm³/mol. The van der Waals surface area contributed by atoms with Crippen molar-refractivity contribution < 1.29 is 9.90 Å². The maximum atomic E-state index is 11.3. The number of nitrogens with one attached hydrogen (secondary N) is 1. The zero-order valence-corrected chi connectivity index (χ0v) is 8.45. The van der Waals surface area contributed by atoms with Crippen LogP contribution in [-0.2, 0) is 11.8 Å². The van der Waals surface area contributed by atoms with Gasteiger partial charge < -0.3 is 10.4 Å². The van der Waals surface area contributed by atoms with E-state index in [-0.39, 0.29) is 12.5 Å². The number of amides is 1. The molecule has 0 unspecified atom stereocenters. The van der Waals surface area contributed by atoms with E-state index in [0.717, 1.165) is 11.4 Å². The number of hydrogen-bond donors (Lipinski definition) is 2. The highest BCUT2D eigenvalue weighted by Gasteiger charge is 2.06. The number of aryl methyl sites for hydroxylation is 2. The highest BCUT2D eigenvalue weighted by molar-refractivity contribution is 5.91. The van der Waals surface area contributed by atoms with Gasteiger partial charge in [-0.1, -0.05) is 0 Å². The Morgan fingerprint density at radius 2 is 2.43 bits per heavy atom. The van der Waals surface area contributed by atoms with Crippen LogP contribution in [0.2, 0.25) is 0 Å². The van der Waals surface area contributed by atoms with Crippen LogP contribution in [0.5, 0.6) is 0 Å². The van der Waals surface area contributed by atoms with Gasteiger partial charge in [0.2, 0.25) is 5.91 Å². The van der Waals surface area contributed by atoms with Crippen molar-refractivity contribution in [1.82, 2.24) is 9.78 Å². The molecule has 1 aromatic heterocycles. The first-order valence-corrected chi connectivity index (χ1v) is 4.54. The van der Waals surface area contributed by atoms with Crippen molar-refractivity contribution in [3.63, 3.8) is 0 Å². The fourth-order valence-electron chi connectivity index (χ4n) is 1.17. The molecule has 2 N–H and O–H groups in total. The Kier molecular flexibility index (Phi) is 3.64. The van der Waals surface area contributed by atoms with E-state index in [0.29, 0.717) is 12.8 Å². The summed E-state index contributed by atoms with van der Waals surface area (Å²) < 4.78 is 1.65. The van der Waals surface area contributed by atoms with Crippen molar-refractivity contribution >= 4 is 11.6 Å². The Morgan fingerprint density at radius 1 is 1.71 bits per heavy atom. The lowest BCUT2D eigenvalue weighted by molar-refractivity contribution is -0.116. The Hall–Kier alpha value is -1.36. The molecule has 0 bridgehead atoms. The summed E-state index contributed by atoms with van der Waals surface area (Å²) in [4.78, 5) is 11.3. The molecule has 1 rings (SSSR count). The number of anilines is 1. The summed E-state index contributed by atoms with van der Waals surface area (Å²) >= 11 is 0. The highest BCUT2D eigenvalue weighted by Crippen LogP contribution is 2.11. The van der Waals surface area contributed by atoms with Gasteiger partial charge in [-0.2, -0.15) is 5.10 Å². The fourth-order valence-corrected chi connectivity index (χ4v) is 1.17. The lowest BCUT2D eigenvalue weighted by atomic mass is 10.3. The van der Waals surface area contributed by atoms with E-state index in [1.165, 1.54) is 0 Å². The summed E-state index contributed by atoms with van der Waals surface area (Å²) in [6.45, 7) is 1.88. The van der Waals surface area contributed by atoms with Gasteiger partial charge in [0.15, 0.2) is 0 Å². The molecule has 14 heavy (non-hydrogen) atoms. The van der Waals surface area contributed by atoms with E-state index in [1.54, 1.807) is 17.9 Å². The normalized spacial score (nSPS) is 10.2. The maximum Gasteiger partial charge on any atom is 0.224 e. The second-order valence-corrected chi connectivity index (χ2v) is 3.18. The van der Waals surface area contributed by atoms with Gasteiger partial charge in [0.05, 0.1) is 11.4 Å². The average Bonchev–Trinajstić information content (AvgIpc) is 2.42. The fraction of sp³-hybridized carbons (Fsp3) is 0.556. The Bertz CT molecular complexity index is 320. The summed E-state index contributed by atoms with van der Waals surface area (Å²) in [5, 5.41) is 15.4. The highest BCUT2D eigenvalue weighted by atomic mass is 16.3. The van der Waals surface area contributed by atoms with E-state index in [4.69, 9.17) is 5.11 Å². The summed E-state index contributed by atoms with van der Waals surface area (Å²) in [6, 6.07) is 0. The lowest BCUT2D eigenvalue weighted by Crippen LogP contribution is -2.11. The third kappa shape index (κ3) is 2.85. The minimum Gasteiger partial charge on any atom is -0.396 e. The van der Waals surface area contributed by atoms with Gasteiger partial charge in [0, 0.05) is 26.3 Å². The van der Waals surface area contributed by atoms with Crippen LogP contribution in [0.1, 0.15) is 18.5 Å². The van der Waals surface area contributed by atoms with Crippen molar-refractivity contribution in [1.29, 1.82) is 0 Å². The first kappa shape index (κ1) is 10.7. The molecule has 1 heterocycles. The monoisotopic (exact) mass is 197 g/mol. The zero-order valence-electron chi connectivity index (χ0n) is 8.45. The number of rotatable bonds is 4. The second-order valence-electron chi connectivity index (χ2n) is 3.18. The predicted octanol–water partition coefficient (Wildman–Crippen LogP) is 0.440. The lowest BCUT2D eigenvalue weighted by Gasteiger charge is -2.01. The van der Waals surface area contributed by atoms with Gasteiger partial charge in [-0.3, -0.25) is 9.48 Å². The summed E-state index contributed by atoms with van der Waals surface area (Å²) in [6.07, 6.45) is 2.59. The molecular formula is C9H15N3O2. The molecule has 5 nitrogen and oxygen atoms in total. The van der Waals surface area contributed by atoms with Crippen molar-refractivity contribution in [2.45, 2.75) is 19.8 Å². The van der Waals surface area contributed by atoms with E-state index in [1.807, 2.05) is 6.92 Å². The quantitative estimate of drug-likeness (QED) is 0.736. The van der Waals surface area contributed by atoms with Crippen LogP contribution in [-0.4, -0.2) is 27.4 Å². The zero-order chi connectivity index (χ0) is 10.6. The Morgan fingerprint density at radius 3 is 2.93 bits per heavy atom. The number of aromatic nitrogens is 2. The summed E-state index contributed by atoms with van der Waals surface area (Å²) in [7, 11) is 1.80. The Balaban J connectivity index is 2.51. The van der Waals surface area contributed by atoms with Gasteiger partial charge in [-0.05, 0) is 13.3 Å². The van der Waals surface area contributed by atoms with Crippen molar-refractivity contribution in [2.75, 3.05) is 11.9 Å². The van der Waals surface area contributed by atoms with Crippen LogP contribution in [0, 0.1) is 6.92 Å². The topological polar surface area (TPSA) is 67.2 Å². The number of nitrogens with zero attached hydrogens (tertiary/aromatic N) is 2. The molecule has 78 valence electrons. The van der Waals surface area contributed by atoms with Crippen molar-refractivity contribution in [3.8, 4) is 0 Å². The standard InChI is InChI=1S/C9H15N3O2/c1-7-8(6-12(2)11-7)10-9(14)4-3-5-13/h6,13H,3-5H2,1-2H3,(H,10,14). The minimum atomic E-state index is -0.0878. The number of hydrogen-bond acceptors (Lipinski definition) is 3. The van der Waals surface area contributed by atoms with Crippen LogP contribution < -0.4 is 5.32 Å². The van der Waals surface area contributed by atoms with Crippen LogP contribution in [0.3, 0.4) is 0 Å². The third-order valence-corrected chi connectivity index (χ3v) is 1.85. The molecule has 5 heteroatoms. The van der Waals surface area contributed by atoms with E-state index < -0.39 is 0 Å². The van der Waals surface area contributed by atoms with Crippen molar-refractivity contribution in [2.24, 2.45) is 7.05 Å². The number of aliphatic hydroxyl groups excluding tert-OH is 1. The number of carbonyl (C=O) groups is 1. The molecule has 0 fully saturated rings. The van der Waals surface area contributed by atoms with Crippen LogP contribution in [0.4, 0.5) is 5.69 Å². The maximum absolute atomic E-state index is 11.3. The molecule has 0 saturated heterocycles. The van der Waals surface area contributed by atoms with Gasteiger partial charge in [0.25, 0.3) is 0 Å². The van der Waals surface area contributed by atoms with E-state index in [2.05, 4.69) is 10.4 Å². The number of aliphatic hydroxyl groups is 1. The van der Waals surface area contributed by atoms with Gasteiger partial charge >= 0.3 is 0 Å². The van der Waals surface area contributed by atoms with Gasteiger partial charge in [0.1, 0.15) is 0 Å². The average molecular weight is 197 g/mol. The van der Waals surface area contributed by atoms with Gasteiger partial charge in [-0.15, -0.1) is 0 Å². The minimum absolute atomic E-state index is 0.0411. The molecule has 0 radical (unpaired) electrons. The van der Waals surface area contributed by atoms with E-state index in [9.17, 15) is 4.79 Å². The first-order chi connectivity index (χ1) is 6.63. The molecule has 0 spiro atoms. The van der Waals surface area contributed by atoms with Gasteiger partial charge in [-0.25, -0.2) is 0 Å². The summed E-state index contributed by atoms with van der Waals surface area (Å²) in [5.41, 5.74) is 1.53. The molecule has 1 aromatic rings. The Labute approximate surface area is 82.7 Å². The first-order valence-electron chi connectivity index (χ1n) is 4.54. The summed E-state index contributed by atoms with van der Waals surface area (Å²) in [5.74, 6) is -0.0878. The SMILES string of the molecule is Cc1nn(C)cc1NC(=O)CCCO. The number of carbonyl (C=O) groups excluding carboxylic acids is 1. The van der Waals surface area contributed by atoms with Crippen LogP contribution >= 0.6 is 0 Å². The molecule has 0 saturated carbocycles. The molecule has 0 aliphatic carbocycles. The molecule has 0 aliphatic rings. The van der Waals surface area contributed by atoms with Crippen LogP contribution in [0.15, 0.2) is 6.20 Å². The van der Waals surface area contributed by atoms with E-state index >= 15 is 0 Å². The molecular weight excluding hydrogens is 182 g/mol. The molecule has 0 aromatic carbocycles.